The fourth-order valence-electron chi connectivity index (χ4n) is 0.594. The van der Waals surface area contributed by atoms with Crippen molar-refractivity contribution < 1.29 is 14.6 Å². The molecule has 3 nitrogen and oxygen atoms in total. The highest BCUT2D eigenvalue weighted by Crippen LogP contribution is 2.12. The minimum absolute atomic E-state index is 0.248. The molecule has 0 aliphatic heterocycles. The number of methoxy groups -OCH3 is 1. The molecule has 0 saturated heterocycles. The lowest BCUT2D eigenvalue weighted by atomic mass is 9.98. The zero-order chi connectivity index (χ0) is 9.02. The summed E-state index contributed by atoms with van der Waals surface area (Å²) in [5, 5.41) is 9.22. The number of aliphatic hydroxyl groups is 1. The summed E-state index contributed by atoms with van der Waals surface area (Å²) in [5.74, 6) is -0.858. The molecule has 0 aromatic carbocycles. The van der Waals surface area contributed by atoms with Crippen molar-refractivity contribution in [1.82, 2.24) is 0 Å². The van der Waals surface area contributed by atoms with Crippen molar-refractivity contribution in [2.24, 2.45) is 5.92 Å². The largest absolute Gasteiger partial charge is 0.467 e. The van der Waals surface area contributed by atoms with Gasteiger partial charge in [-0.05, 0) is 6.92 Å². The predicted octanol–water partition coefficient (Wildman–Crippen LogP) is 0.732. The van der Waals surface area contributed by atoms with Gasteiger partial charge in [-0.1, -0.05) is 19.1 Å². The van der Waals surface area contributed by atoms with Crippen LogP contribution >= 0.6 is 0 Å². The number of ether oxygens (including phenoxy) is 1. The van der Waals surface area contributed by atoms with Crippen molar-refractivity contribution in [2.45, 2.75) is 20.0 Å². The SMILES string of the molecule is C=C(C)[C@@H](C)[C@@H](O)C(=O)OC. The second kappa shape index (κ2) is 4.13. The number of aliphatic hydroxyl groups excluding tert-OH is 1. The molecule has 2 atom stereocenters. The van der Waals surface area contributed by atoms with E-state index in [0.29, 0.717) is 0 Å². The van der Waals surface area contributed by atoms with Gasteiger partial charge in [-0.2, -0.15) is 0 Å². The average Bonchev–Trinajstić information content (AvgIpc) is 2.00. The lowest BCUT2D eigenvalue weighted by molar-refractivity contribution is -0.152. The normalized spacial score (nSPS) is 15.3. The van der Waals surface area contributed by atoms with Gasteiger partial charge in [0.1, 0.15) is 0 Å². The second-order valence-corrected chi connectivity index (χ2v) is 2.60. The van der Waals surface area contributed by atoms with Crippen molar-refractivity contribution in [1.29, 1.82) is 0 Å². The van der Waals surface area contributed by atoms with Crippen LogP contribution in [-0.4, -0.2) is 24.3 Å². The van der Waals surface area contributed by atoms with E-state index in [0.717, 1.165) is 5.57 Å². The monoisotopic (exact) mass is 158 g/mol. The Kier molecular flexibility index (Phi) is 3.82. The van der Waals surface area contributed by atoms with Crippen LogP contribution in [0.1, 0.15) is 13.8 Å². The van der Waals surface area contributed by atoms with Crippen LogP contribution < -0.4 is 0 Å². The summed E-state index contributed by atoms with van der Waals surface area (Å²) in [4.78, 5) is 10.7. The Morgan fingerprint density at radius 1 is 1.64 bits per heavy atom. The number of esters is 1. The summed E-state index contributed by atoms with van der Waals surface area (Å²) in [5.41, 5.74) is 0.767. The Morgan fingerprint density at radius 2 is 2.09 bits per heavy atom. The van der Waals surface area contributed by atoms with Crippen molar-refractivity contribution in [3.05, 3.63) is 12.2 Å². The van der Waals surface area contributed by atoms with Crippen LogP contribution in [0.2, 0.25) is 0 Å². The summed E-state index contributed by atoms with van der Waals surface area (Å²) in [6.07, 6.45) is -1.09. The average molecular weight is 158 g/mol. The minimum atomic E-state index is -1.09. The van der Waals surface area contributed by atoms with Crippen LogP contribution in [0.3, 0.4) is 0 Å². The van der Waals surface area contributed by atoms with Gasteiger partial charge in [0.05, 0.1) is 7.11 Å². The van der Waals surface area contributed by atoms with Crippen molar-refractivity contribution in [3.8, 4) is 0 Å². The molecule has 11 heavy (non-hydrogen) atoms. The summed E-state index contributed by atoms with van der Waals surface area (Å²) < 4.78 is 4.35. The maximum atomic E-state index is 10.7. The van der Waals surface area contributed by atoms with Crippen LogP contribution in [0.25, 0.3) is 0 Å². The molecular formula is C8H14O3. The number of rotatable bonds is 3. The first-order valence-electron chi connectivity index (χ1n) is 3.42. The van der Waals surface area contributed by atoms with Crippen LogP contribution in [-0.2, 0) is 9.53 Å². The Morgan fingerprint density at radius 3 is 2.36 bits per heavy atom. The van der Waals surface area contributed by atoms with Gasteiger partial charge in [-0.25, -0.2) is 4.79 Å². The highest BCUT2D eigenvalue weighted by molar-refractivity contribution is 5.74. The van der Waals surface area contributed by atoms with Gasteiger partial charge in [-0.15, -0.1) is 0 Å². The van der Waals surface area contributed by atoms with E-state index in [9.17, 15) is 9.90 Å². The molecule has 0 spiro atoms. The van der Waals surface area contributed by atoms with Gasteiger partial charge >= 0.3 is 5.97 Å². The van der Waals surface area contributed by atoms with Crippen LogP contribution in [0.5, 0.6) is 0 Å². The molecule has 0 unspecified atom stereocenters. The molecule has 64 valence electrons. The number of carbonyl (C=O) groups excluding carboxylic acids is 1. The van der Waals surface area contributed by atoms with E-state index in [1.54, 1.807) is 13.8 Å². The molecule has 0 aromatic heterocycles. The molecule has 0 saturated carbocycles. The third-order valence-corrected chi connectivity index (χ3v) is 1.69. The van der Waals surface area contributed by atoms with E-state index in [1.807, 2.05) is 0 Å². The summed E-state index contributed by atoms with van der Waals surface area (Å²) in [7, 11) is 1.25. The van der Waals surface area contributed by atoms with Gasteiger partial charge < -0.3 is 9.84 Å². The Balaban J connectivity index is 4.12. The Hall–Kier alpha value is -0.830. The molecule has 0 amide bonds. The molecule has 0 bridgehead atoms. The third kappa shape index (κ3) is 2.72. The fraction of sp³-hybridized carbons (Fsp3) is 0.625. The number of hydrogen-bond acceptors (Lipinski definition) is 3. The third-order valence-electron chi connectivity index (χ3n) is 1.69. The van der Waals surface area contributed by atoms with E-state index in [-0.39, 0.29) is 5.92 Å². The first kappa shape index (κ1) is 10.2. The van der Waals surface area contributed by atoms with E-state index < -0.39 is 12.1 Å². The van der Waals surface area contributed by atoms with E-state index in [1.165, 1.54) is 7.11 Å². The summed E-state index contributed by atoms with van der Waals surface area (Å²) >= 11 is 0. The van der Waals surface area contributed by atoms with Gasteiger partial charge in [0.15, 0.2) is 6.10 Å². The summed E-state index contributed by atoms with van der Waals surface area (Å²) in [6, 6.07) is 0. The Bertz CT molecular complexity index is 163. The highest BCUT2D eigenvalue weighted by Gasteiger charge is 2.22. The second-order valence-electron chi connectivity index (χ2n) is 2.60. The molecule has 0 aliphatic rings. The fourth-order valence-corrected chi connectivity index (χ4v) is 0.594. The molecule has 0 heterocycles. The Labute approximate surface area is 66.7 Å². The van der Waals surface area contributed by atoms with Crippen LogP contribution in [0, 0.1) is 5.92 Å². The van der Waals surface area contributed by atoms with Crippen molar-refractivity contribution >= 4 is 5.97 Å². The molecule has 0 radical (unpaired) electrons. The molecule has 3 heteroatoms. The standard InChI is InChI=1S/C8H14O3/c1-5(2)6(3)7(9)8(10)11-4/h6-7,9H,1H2,2-4H3/t6-,7-/m1/s1. The quantitative estimate of drug-likeness (QED) is 0.486. The van der Waals surface area contributed by atoms with Crippen LogP contribution in [0.15, 0.2) is 12.2 Å². The molecule has 0 fully saturated rings. The molecular weight excluding hydrogens is 144 g/mol. The maximum absolute atomic E-state index is 10.7. The van der Waals surface area contributed by atoms with Gasteiger partial charge in [0, 0.05) is 5.92 Å². The van der Waals surface area contributed by atoms with Gasteiger partial charge in [0.25, 0.3) is 0 Å². The van der Waals surface area contributed by atoms with E-state index >= 15 is 0 Å². The topological polar surface area (TPSA) is 46.5 Å². The van der Waals surface area contributed by atoms with Crippen molar-refractivity contribution in [3.63, 3.8) is 0 Å². The van der Waals surface area contributed by atoms with Crippen molar-refractivity contribution in [2.75, 3.05) is 7.11 Å². The molecule has 1 N–H and O–H groups in total. The van der Waals surface area contributed by atoms with Crippen LogP contribution in [0.4, 0.5) is 0 Å². The lowest BCUT2D eigenvalue weighted by Gasteiger charge is -2.15. The predicted molar refractivity (Wildman–Crippen MR) is 42.0 cm³/mol. The first-order valence-corrected chi connectivity index (χ1v) is 3.42. The van der Waals surface area contributed by atoms with E-state index in [2.05, 4.69) is 11.3 Å². The van der Waals surface area contributed by atoms with E-state index in [4.69, 9.17) is 0 Å². The molecule has 0 aliphatic carbocycles. The molecule has 0 aromatic rings. The maximum Gasteiger partial charge on any atom is 0.335 e. The first-order chi connectivity index (χ1) is 5.00. The van der Waals surface area contributed by atoms with Gasteiger partial charge in [-0.3, -0.25) is 0 Å². The summed E-state index contributed by atoms with van der Waals surface area (Å²) in [6.45, 7) is 7.11. The lowest BCUT2D eigenvalue weighted by Crippen LogP contribution is -2.29. The minimum Gasteiger partial charge on any atom is -0.467 e. The highest BCUT2D eigenvalue weighted by atomic mass is 16.5. The number of hydrogen-bond donors (Lipinski definition) is 1. The zero-order valence-corrected chi connectivity index (χ0v) is 7.13. The number of carbonyl (C=O) groups is 1. The van der Waals surface area contributed by atoms with Gasteiger partial charge in [0.2, 0.25) is 0 Å². The smallest absolute Gasteiger partial charge is 0.335 e. The zero-order valence-electron chi connectivity index (χ0n) is 7.13. The molecule has 0 rings (SSSR count).